The molecule has 0 N–H and O–H groups in total. The first kappa shape index (κ1) is 14.5. The van der Waals surface area contributed by atoms with Gasteiger partial charge in [-0.3, -0.25) is 4.79 Å². The predicted octanol–water partition coefficient (Wildman–Crippen LogP) is 2.84. The zero-order valence-electron chi connectivity index (χ0n) is 11.6. The van der Waals surface area contributed by atoms with Crippen LogP contribution in [0.2, 0.25) is 0 Å². The molecule has 0 aliphatic heterocycles. The van der Waals surface area contributed by atoms with Gasteiger partial charge in [-0.25, -0.2) is 0 Å². The van der Waals surface area contributed by atoms with Crippen LogP contribution in [0.3, 0.4) is 0 Å². The molecule has 1 fully saturated rings. The van der Waals surface area contributed by atoms with Crippen molar-refractivity contribution in [2.24, 2.45) is 5.92 Å². The molecule has 1 unspecified atom stereocenters. The summed E-state index contributed by atoms with van der Waals surface area (Å²) in [5.41, 5.74) is 0. The van der Waals surface area contributed by atoms with Crippen LogP contribution in [0.25, 0.3) is 0 Å². The number of carbonyl (C=O) groups is 1. The molecule has 0 bridgehead atoms. The van der Waals surface area contributed by atoms with Gasteiger partial charge >= 0.3 is 0 Å². The van der Waals surface area contributed by atoms with Gasteiger partial charge in [0.05, 0.1) is 18.6 Å². The summed E-state index contributed by atoms with van der Waals surface area (Å²) >= 11 is 0. The molecule has 0 spiro atoms. The standard InChI is InChI=1S/C14H27NO2/c1-4-15(5-2)14(16)12(3)11-17-13-9-7-6-8-10-13/h12-13H,4-11H2,1-3H3. The van der Waals surface area contributed by atoms with Crippen LogP contribution in [0, 0.1) is 5.92 Å². The summed E-state index contributed by atoms with van der Waals surface area (Å²) in [6, 6.07) is 0. The molecule has 0 aromatic rings. The molecule has 1 rings (SSSR count). The lowest BCUT2D eigenvalue weighted by molar-refractivity contribution is -0.137. The number of hydrogen-bond donors (Lipinski definition) is 0. The van der Waals surface area contributed by atoms with Gasteiger partial charge in [0.1, 0.15) is 0 Å². The second kappa shape index (κ2) is 7.70. The van der Waals surface area contributed by atoms with Gasteiger partial charge in [-0.05, 0) is 26.7 Å². The molecule has 0 radical (unpaired) electrons. The minimum atomic E-state index is -0.00294. The quantitative estimate of drug-likeness (QED) is 0.715. The van der Waals surface area contributed by atoms with Crippen LogP contribution in [0.4, 0.5) is 0 Å². The number of carbonyl (C=O) groups excluding carboxylic acids is 1. The van der Waals surface area contributed by atoms with E-state index < -0.39 is 0 Å². The van der Waals surface area contributed by atoms with Crippen molar-refractivity contribution in [3.8, 4) is 0 Å². The molecular weight excluding hydrogens is 214 g/mol. The van der Waals surface area contributed by atoms with Crippen LogP contribution in [0.15, 0.2) is 0 Å². The lowest BCUT2D eigenvalue weighted by atomic mass is 9.98. The van der Waals surface area contributed by atoms with E-state index in [1.165, 1.54) is 32.1 Å². The van der Waals surface area contributed by atoms with Gasteiger partial charge in [0.25, 0.3) is 0 Å². The van der Waals surface area contributed by atoms with Gasteiger partial charge in [0, 0.05) is 13.1 Å². The van der Waals surface area contributed by atoms with Crippen molar-refractivity contribution in [3.05, 3.63) is 0 Å². The van der Waals surface area contributed by atoms with Crippen LogP contribution >= 0.6 is 0 Å². The lowest BCUT2D eigenvalue weighted by Gasteiger charge is -2.26. The van der Waals surface area contributed by atoms with Crippen molar-refractivity contribution in [1.82, 2.24) is 4.90 Å². The minimum absolute atomic E-state index is 0.00294. The Morgan fingerprint density at radius 1 is 1.24 bits per heavy atom. The predicted molar refractivity (Wildman–Crippen MR) is 69.9 cm³/mol. The third-order valence-electron chi connectivity index (χ3n) is 3.63. The lowest BCUT2D eigenvalue weighted by Crippen LogP contribution is -2.37. The Kier molecular flexibility index (Phi) is 6.56. The Morgan fingerprint density at radius 3 is 2.35 bits per heavy atom. The molecule has 1 aliphatic carbocycles. The van der Waals surface area contributed by atoms with Gasteiger partial charge in [0.15, 0.2) is 0 Å². The van der Waals surface area contributed by atoms with Gasteiger partial charge in [-0.1, -0.05) is 26.2 Å². The van der Waals surface area contributed by atoms with E-state index in [0.717, 1.165) is 13.1 Å². The van der Waals surface area contributed by atoms with Gasteiger partial charge < -0.3 is 9.64 Å². The fraction of sp³-hybridized carbons (Fsp3) is 0.929. The van der Waals surface area contributed by atoms with E-state index in [2.05, 4.69) is 0 Å². The molecule has 1 amide bonds. The van der Waals surface area contributed by atoms with Crippen LogP contribution in [-0.2, 0) is 9.53 Å². The van der Waals surface area contributed by atoms with E-state index >= 15 is 0 Å². The number of nitrogens with zero attached hydrogens (tertiary/aromatic N) is 1. The fourth-order valence-electron chi connectivity index (χ4n) is 2.43. The topological polar surface area (TPSA) is 29.5 Å². The first-order valence-corrected chi connectivity index (χ1v) is 7.09. The van der Waals surface area contributed by atoms with E-state index in [9.17, 15) is 4.79 Å². The van der Waals surface area contributed by atoms with E-state index in [1.54, 1.807) is 0 Å². The van der Waals surface area contributed by atoms with Crippen molar-refractivity contribution in [1.29, 1.82) is 0 Å². The van der Waals surface area contributed by atoms with Gasteiger partial charge in [0.2, 0.25) is 5.91 Å². The highest BCUT2D eigenvalue weighted by Gasteiger charge is 2.21. The third-order valence-corrected chi connectivity index (χ3v) is 3.63. The van der Waals surface area contributed by atoms with Crippen LogP contribution < -0.4 is 0 Å². The fourth-order valence-corrected chi connectivity index (χ4v) is 2.43. The highest BCUT2D eigenvalue weighted by Crippen LogP contribution is 2.21. The van der Waals surface area contributed by atoms with E-state index in [4.69, 9.17) is 4.74 Å². The molecule has 0 saturated heterocycles. The Bertz CT molecular complexity index is 220. The van der Waals surface area contributed by atoms with Gasteiger partial charge in [-0.15, -0.1) is 0 Å². The molecule has 1 aliphatic rings. The Labute approximate surface area is 106 Å². The number of ether oxygens (including phenoxy) is 1. The highest BCUT2D eigenvalue weighted by molar-refractivity contribution is 5.78. The van der Waals surface area contributed by atoms with Crippen molar-refractivity contribution in [2.45, 2.75) is 59.0 Å². The second-order valence-corrected chi connectivity index (χ2v) is 5.00. The average Bonchev–Trinajstić information content (AvgIpc) is 2.38. The van der Waals surface area contributed by atoms with E-state index in [-0.39, 0.29) is 11.8 Å². The second-order valence-electron chi connectivity index (χ2n) is 5.00. The molecule has 0 aromatic carbocycles. The summed E-state index contributed by atoms with van der Waals surface area (Å²) in [5.74, 6) is 0.225. The molecule has 3 heteroatoms. The minimum Gasteiger partial charge on any atom is -0.377 e. The van der Waals surface area contributed by atoms with Gasteiger partial charge in [-0.2, -0.15) is 0 Å². The Balaban J connectivity index is 2.27. The monoisotopic (exact) mass is 241 g/mol. The largest absolute Gasteiger partial charge is 0.377 e. The zero-order chi connectivity index (χ0) is 12.7. The van der Waals surface area contributed by atoms with Crippen LogP contribution in [0.1, 0.15) is 52.9 Å². The highest BCUT2D eigenvalue weighted by atomic mass is 16.5. The summed E-state index contributed by atoms with van der Waals surface area (Å²) in [7, 11) is 0. The number of hydrogen-bond acceptors (Lipinski definition) is 2. The Hall–Kier alpha value is -0.570. The summed E-state index contributed by atoms with van der Waals surface area (Å²) < 4.78 is 5.86. The molecule has 100 valence electrons. The normalized spacial score (nSPS) is 19.0. The summed E-state index contributed by atoms with van der Waals surface area (Å²) in [5, 5.41) is 0. The maximum atomic E-state index is 12.0. The smallest absolute Gasteiger partial charge is 0.227 e. The molecule has 17 heavy (non-hydrogen) atoms. The van der Waals surface area contributed by atoms with Crippen molar-refractivity contribution < 1.29 is 9.53 Å². The maximum Gasteiger partial charge on any atom is 0.227 e. The van der Waals surface area contributed by atoms with Crippen molar-refractivity contribution >= 4 is 5.91 Å². The molecular formula is C14H27NO2. The summed E-state index contributed by atoms with van der Waals surface area (Å²) in [6.07, 6.45) is 6.65. The number of amides is 1. The van der Waals surface area contributed by atoms with Crippen LogP contribution in [0.5, 0.6) is 0 Å². The third kappa shape index (κ3) is 4.66. The maximum absolute atomic E-state index is 12.0. The number of rotatable bonds is 6. The first-order valence-electron chi connectivity index (χ1n) is 7.09. The molecule has 0 aromatic heterocycles. The first-order chi connectivity index (χ1) is 8.19. The van der Waals surface area contributed by atoms with Crippen molar-refractivity contribution in [2.75, 3.05) is 19.7 Å². The van der Waals surface area contributed by atoms with E-state index in [1.807, 2.05) is 25.7 Å². The molecule has 3 nitrogen and oxygen atoms in total. The SMILES string of the molecule is CCN(CC)C(=O)C(C)COC1CCCCC1. The Morgan fingerprint density at radius 2 is 1.82 bits per heavy atom. The zero-order valence-corrected chi connectivity index (χ0v) is 11.6. The summed E-state index contributed by atoms with van der Waals surface area (Å²) in [6.45, 7) is 8.20. The summed E-state index contributed by atoms with van der Waals surface area (Å²) in [4.78, 5) is 13.9. The molecule has 1 saturated carbocycles. The van der Waals surface area contributed by atoms with Crippen LogP contribution in [-0.4, -0.2) is 36.6 Å². The molecule has 0 heterocycles. The average molecular weight is 241 g/mol. The van der Waals surface area contributed by atoms with Crippen molar-refractivity contribution in [3.63, 3.8) is 0 Å². The van der Waals surface area contributed by atoms with E-state index in [0.29, 0.717) is 12.7 Å². The molecule has 1 atom stereocenters.